The molecule has 0 saturated heterocycles. The zero-order chi connectivity index (χ0) is 13.8. The molecule has 0 aliphatic rings. The number of primary amides is 1. The second-order valence-electron chi connectivity index (χ2n) is 4.37. The molecule has 0 aliphatic carbocycles. The Morgan fingerprint density at radius 1 is 1.47 bits per heavy atom. The first-order chi connectivity index (χ1) is 9.11. The van der Waals surface area contributed by atoms with E-state index in [0.717, 1.165) is 12.0 Å². The lowest BCUT2D eigenvalue weighted by molar-refractivity contribution is 0.0995. The van der Waals surface area contributed by atoms with Crippen LogP contribution in [0.3, 0.4) is 0 Å². The van der Waals surface area contributed by atoms with Crippen LogP contribution in [0.1, 0.15) is 29.4 Å². The number of hydrogen-bond donors (Lipinski definition) is 2. The van der Waals surface area contributed by atoms with Crippen molar-refractivity contribution in [2.45, 2.75) is 25.8 Å². The Morgan fingerprint density at radius 2 is 2.26 bits per heavy atom. The molecule has 1 atom stereocenters. The van der Waals surface area contributed by atoms with Crippen LogP contribution in [0.25, 0.3) is 5.82 Å². The molecule has 2 aromatic rings. The fourth-order valence-electron chi connectivity index (χ4n) is 1.80. The first-order valence-electron chi connectivity index (χ1n) is 6.17. The van der Waals surface area contributed by atoms with Crippen molar-refractivity contribution in [2.75, 3.05) is 0 Å². The number of carbonyl (C=O) groups excluding carboxylic acids is 1. The van der Waals surface area contributed by atoms with E-state index in [-0.39, 0.29) is 11.7 Å². The standard InChI is InChI=1S/C13H17N5O/c1-2-10(14)8-9-4-3-6-16-13(9)18-7-5-11(17-18)12(15)19/h3-7,10H,2,8,14H2,1H3,(H2,15,19). The van der Waals surface area contributed by atoms with Crippen LogP contribution in [0.5, 0.6) is 0 Å². The van der Waals surface area contributed by atoms with Crippen molar-refractivity contribution in [3.05, 3.63) is 41.9 Å². The fraction of sp³-hybridized carbons (Fsp3) is 0.308. The van der Waals surface area contributed by atoms with E-state index in [1.165, 1.54) is 0 Å². The summed E-state index contributed by atoms with van der Waals surface area (Å²) in [5.74, 6) is 0.125. The Morgan fingerprint density at radius 3 is 2.89 bits per heavy atom. The Bertz CT molecular complexity index is 578. The Hall–Kier alpha value is -2.21. The number of nitrogens with two attached hydrogens (primary N) is 2. The van der Waals surface area contributed by atoms with Gasteiger partial charge in [0, 0.05) is 18.4 Å². The number of nitrogens with zero attached hydrogens (tertiary/aromatic N) is 3. The predicted octanol–water partition coefficient (Wildman–Crippen LogP) is 0.646. The van der Waals surface area contributed by atoms with Crippen molar-refractivity contribution in [3.63, 3.8) is 0 Å². The lowest BCUT2D eigenvalue weighted by atomic mass is 10.1. The zero-order valence-electron chi connectivity index (χ0n) is 10.8. The minimum atomic E-state index is -0.554. The summed E-state index contributed by atoms with van der Waals surface area (Å²) in [6.07, 6.45) is 4.96. The van der Waals surface area contributed by atoms with E-state index < -0.39 is 5.91 Å². The van der Waals surface area contributed by atoms with Crippen LogP contribution < -0.4 is 11.5 Å². The molecule has 1 amide bonds. The molecule has 100 valence electrons. The van der Waals surface area contributed by atoms with Crippen LogP contribution >= 0.6 is 0 Å². The molecule has 6 nitrogen and oxygen atoms in total. The maximum atomic E-state index is 11.1. The number of carbonyl (C=O) groups is 1. The van der Waals surface area contributed by atoms with Gasteiger partial charge in [-0.15, -0.1) is 0 Å². The summed E-state index contributed by atoms with van der Waals surface area (Å²) in [5, 5.41) is 4.11. The largest absolute Gasteiger partial charge is 0.364 e. The van der Waals surface area contributed by atoms with Crippen molar-refractivity contribution in [2.24, 2.45) is 11.5 Å². The molecule has 2 aromatic heterocycles. The second-order valence-corrected chi connectivity index (χ2v) is 4.37. The minimum absolute atomic E-state index is 0.0779. The molecule has 0 fully saturated rings. The van der Waals surface area contributed by atoms with Gasteiger partial charge in [0.15, 0.2) is 5.82 Å². The number of aromatic nitrogens is 3. The molecule has 4 N–H and O–H groups in total. The van der Waals surface area contributed by atoms with E-state index in [2.05, 4.69) is 10.1 Å². The van der Waals surface area contributed by atoms with Crippen molar-refractivity contribution in [1.29, 1.82) is 0 Å². The van der Waals surface area contributed by atoms with Gasteiger partial charge < -0.3 is 11.5 Å². The topological polar surface area (TPSA) is 99.8 Å². The molecule has 0 aromatic carbocycles. The summed E-state index contributed by atoms with van der Waals surface area (Å²) in [6, 6.07) is 5.47. The SMILES string of the molecule is CCC(N)Cc1cccnc1-n1ccc(C(N)=O)n1. The van der Waals surface area contributed by atoms with E-state index in [0.29, 0.717) is 12.2 Å². The summed E-state index contributed by atoms with van der Waals surface area (Å²) in [6.45, 7) is 2.04. The highest BCUT2D eigenvalue weighted by molar-refractivity contribution is 5.90. The normalized spacial score (nSPS) is 12.3. The second kappa shape index (κ2) is 5.62. The molecule has 2 rings (SSSR count). The molecule has 2 heterocycles. The Balaban J connectivity index is 2.35. The molecule has 0 radical (unpaired) electrons. The highest BCUT2D eigenvalue weighted by Crippen LogP contribution is 2.13. The number of amides is 1. The van der Waals surface area contributed by atoms with Gasteiger partial charge in [0.05, 0.1) is 0 Å². The zero-order valence-corrected chi connectivity index (χ0v) is 10.8. The van der Waals surface area contributed by atoms with Gasteiger partial charge in [-0.05, 0) is 30.5 Å². The monoisotopic (exact) mass is 259 g/mol. The summed E-state index contributed by atoms with van der Waals surface area (Å²) in [7, 11) is 0. The molecule has 0 spiro atoms. The van der Waals surface area contributed by atoms with Crippen molar-refractivity contribution >= 4 is 5.91 Å². The third-order valence-corrected chi connectivity index (χ3v) is 2.93. The van der Waals surface area contributed by atoms with E-state index in [9.17, 15) is 4.79 Å². The van der Waals surface area contributed by atoms with Crippen LogP contribution in [0.15, 0.2) is 30.6 Å². The number of pyridine rings is 1. The molecule has 6 heteroatoms. The van der Waals surface area contributed by atoms with Gasteiger partial charge in [0.1, 0.15) is 5.69 Å². The lowest BCUT2D eigenvalue weighted by Crippen LogP contribution is -2.22. The smallest absolute Gasteiger partial charge is 0.269 e. The van der Waals surface area contributed by atoms with Crippen LogP contribution in [-0.4, -0.2) is 26.7 Å². The van der Waals surface area contributed by atoms with Gasteiger partial charge in [0.25, 0.3) is 5.91 Å². The average Bonchev–Trinajstić information content (AvgIpc) is 2.89. The molecule has 0 saturated carbocycles. The Kier molecular flexibility index (Phi) is 3.91. The Labute approximate surface area is 111 Å². The molecule has 1 unspecified atom stereocenters. The van der Waals surface area contributed by atoms with Crippen molar-refractivity contribution in [1.82, 2.24) is 14.8 Å². The van der Waals surface area contributed by atoms with Crippen LogP contribution in [0.2, 0.25) is 0 Å². The maximum Gasteiger partial charge on any atom is 0.269 e. The van der Waals surface area contributed by atoms with E-state index >= 15 is 0 Å². The molecule has 0 aliphatic heterocycles. The molecular formula is C13H17N5O. The van der Waals surface area contributed by atoms with E-state index in [4.69, 9.17) is 11.5 Å². The highest BCUT2D eigenvalue weighted by Gasteiger charge is 2.12. The number of hydrogen-bond acceptors (Lipinski definition) is 4. The third-order valence-electron chi connectivity index (χ3n) is 2.93. The van der Waals surface area contributed by atoms with Gasteiger partial charge in [-0.1, -0.05) is 13.0 Å². The van der Waals surface area contributed by atoms with Crippen LogP contribution in [0.4, 0.5) is 0 Å². The first-order valence-corrected chi connectivity index (χ1v) is 6.17. The summed E-state index contributed by atoms with van der Waals surface area (Å²) >= 11 is 0. The first kappa shape index (κ1) is 13.2. The van der Waals surface area contributed by atoms with E-state index in [1.807, 2.05) is 19.1 Å². The van der Waals surface area contributed by atoms with E-state index in [1.54, 1.807) is 23.1 Å². The maximum absolute atomic E-state index is 11.1. The fourth-order valence-corrected chi connectivity index (χ4v) is 1.80. The third kappa shape index (κ3) is 2.97. The molecule has 19 heavy (non-hydrogen) atoms. The highest BCUT2D eigenvalue weighted by atomic mass is 16.1. The summed E-state index contributed by atoms with van der Waals surface area (Å²) in [4.78, 5) is 15.4. The quantitative estimate of drug-likeness (QED) is 0.823. The van der Waals surface area contributed by atoms with Crippen molar-refractivity contribution < 1.29 is 4.79 Å². The average molecular weight is 259 g/mol. The lowest BCUT2D eigenvalue weighted by Gasteiger charge is -2.12. The molecule has 0 bridgehead atoms. The van der Waals surface area contributed by atoms with Crippen LogP contribution in [-0.2, 0) is 6.42 Å². The van der Waals surface area contributed by atoms with Gasteiger partial charge in [-0.3, -0.25) is 4.79 Å². The summed E-state index contributed by atoms with van der Waals surface area (Å²) in [5.41, 5.74) is 12.4. The van der Waals surface area contributed by atoms with Gasteiger partial charge >= 0.3 is 0 Å². The van der Waals surface area contributed by atoms with Crippen LogP contribution in [0, 0.1) is 0 Å². The number of rotatable bonds is 5. The van der Waals surface area contributed by atoms with Gasteiger partial charge in [-0.25, -0.2) is 9.67 Å². The minimum Gasteiger partial charge on any atom is -0.364 e. The van der Waals surface area contributed by atoms with Gasteiger partial charge in [-0.2, -0.15) is 5.10 Å². The van der Waals surface area contributed by atoms with Gasteiger partial charge in [0.2, 0.25) is 0 Å². The predicted molar refractivity (Wildman–Crippen MR) is 71.8 cm³/mol. The molecular weight excluding hydrogens is 242 g/mol. The van der Waals surface area contributed by atoms with Crippen molar-refractivity contribution in [3.8, 4) is 5.82 Å². The summed E-state index contributed by atoms with van der Waals surface area (Å²) < 4.78 is 1.55.